The molecule has 0 saturated carbocycles. The van der Waals surface area contributed by atoms with Gasteiger partial charge in [0.2, 0.25) is 0 Å². The third-order valence-corrected chi connectivity index (χ3v) is 9.13. The standard InChI is InChI=1S/C20H11Br2N2.C15H10Br.2ClH.Zr/c21-14-7-8-23-20(11-14)24-15-3-1-12(2-4-15)13-9-16-17(10-13)19(24)6-5-18(16)22;16-15-8-4-7-12-9-13(10-14(12)15)11-5-2-1-3-6-11;;;/h1-11H;1-10H;2*1H;/q2*-1;;;+4/p-2. The van der Waals surface area contributed by atoms with Gasteiger partial charge in [0, 0.05) is 21.7 Å². The molecule has 0 atom stereocenters. The average molecular weight is 871 g/mol. The summed E-state index contributed by atoms with van der Waals surface area (Å²) in [5.41, 5.74) is 4.79. The fraction of sp³-hybridized carbons (Fsp3) is 0. The van der Waals surface area contributed by atoms with Crippen molar-refractivity contribution >= 4 is 91.1 Å². The van der Waals surface area contributed by atoms with E-state index in [9.17, 15) is 0 Å². The third kappa shape index (κ3) is 6.66. The largest absolute Gasteiger partial charge is 4.00 e. The predicted molar refractivity (Wildman–Crippen MR) is 180 cm³/mol. The minimum absolute atomic E-state index is 0. The smallest absolute Gasteiger partial charge is 1.00 e. The zero-order valence-electron chi connectivity index (χ0n) is 22.4. The molecule has 0 unspecified atom stereocenters. The number of benzene rings is 4. The summed E-state index contributed by atoms with van der Waals surface area (Å²) in [6.45, 7) is 0. The van der Waals surface area contributed by atoms with Crippen LogP contribution in [0.5, 0.6) is 0 Å². The second-order valence-corrected chi connectivity index (χ2v) is 12.3. The fourth-order valence-corrected chi connectivity index (χ4v) is 6.60. The molecule has 0 aliphatic rings. The van der Waals surface area contributed by atoms with Crippen molar-refractivity contribution in [3.05, 3.63) is 141 Å². The molecule has 2 nitrogen and oxygen atoms in total. The van der Waals surface area contributed by atoms with Crippen LogP contribution >= 0.6 is 47.8 Å². The van der Waals surface area contributed by atoms with E-state index in [2.05, 4.69) is 160 Å². The van der Waals surface area contributed by atoms with Crippen molar-refractivity contribution in [2.24, 2.45) is 0 Å². The maximum absolute atomic E-state index is 4.60. The first-order valence-corrected chi connectivity index (χ1v) is 15.2. The number of hydrogen-bond acceptors (Lipinski definition) is 1. The van der Waals surface area contributed by atoms with E-state index in [1.165, 1.54) is 43.4 Å². The van der Waals surface area contributed by atoms with Crippen LogP contribution in [-0.4, -0.2) is 9.55 Å². The maximum atomic E-state index is 4.60. The van der Waals surface area contributed by atoms with E-state index in [0.717, 1.165) is 30.3 Å². The molecule has 43 heavy (non-hydrogen) atoms. The molecule has 0 spiro atoms. The maximum Gasteiger partial charge on any atom is 4.00 e. The molecule has 210 valence electrons. The first-order chi connectivity index (χ1) is 19.5. The fourth-order valence-electron chi connectivity index (χ4n) is 5.32. The second-order valence-electron chi connectivity index (χ2n) is 9.71. The number of aromatic nitrogens is 2. The Morgan fingerprint density at radius 1 is 0.628 bits per heavy atom. The molecule has 6 aromatic carbocycles. The molecule has 0 fully saturated rings. The van der Waals surface area contributed by atoms with Crippen molar-refractivity contribution in [3.63, 3.8) is 0 Å². The van der Waals surface area contributed by atoms with Gasteiger partial charge in [-0.1, -0.05) is 105 Å². The van der Waals surface area contributed by atoms with Crippen molar-refractivity contribution in [1.29, 1.82) is 0 Å². The van der Waals surface area contributed by atoms with Gasteiger partial charge in [-0.05, 0) is 33.2 Å². The van der Waals surface area contributed by atoms with Crippen LogP contribution in [-0.2, 0) is 26.2 Å². The topological polar surface area (TPSA) is 17.8 Å². The Kier molecular flexibility index (Phi) is 11.3. The quantitative estimate of drug-likeness (QED) is 0.208. The molecule has 0 aliphatic heterocycles. The number of pyridine rings is 1. The average Bonchev–Trinajstić information content (AvgIpc) is 3.64. The van der Waals surface area contributed by atoms with Crippen molar-refractivity contribution < 1.29 is 51.0 Å². The summed E-state index contributed by atoms with van der Waals surface area (Å²) in [5.74, 6) is 0.894. The van der Waals surface area contributed by atoms with Crippen LogP contribution in [0.4, 0.5) is 0 Å². The number of halogens is 5. The molecule has 9 aromatic rings. The van der Waals surface area contributed by atoms with Crippen LogP contribution in [0.1, 0.15) is 0 Å². The molecule has 0 radical (unpaired) electrons. The van der Waals surface area contributed by atoms with Gasteiger partial charge in [-0.3, -0.25) is 0 Å². The Bertz CT molecular complexity index is 2150. The van der Waals surface area contributed by atoms with Gasteiger partial charge in [0.15, 0.2) is 0 Å². The van der Waals surface area contributed by atoms with Crippen LogP contribution in [0.3, 0.4) is 0 Å². The molecule has 8 heteroatoms. The van der Waals surface area contributed by atoms with Crippen molar-refractivity contribution in [2.45, 2.75) is 0 Å². The number of fused-ring (bicyclic) bond motifs is 3. The van der Waals surface area contributed by atoms with Gasteiger partial charge < -0.3 is 29.4 Å². The molecular formula is C35H21Br3Cl2N2Zr. The molecule has 9 rings (SSSR count). The Morgan fingerprint density at radius 3 is 2.09 bits per heavy atom. The van der Waals surface area contributed by atoms with E-state index in [1.807, 2.05) is 24.4 Å². The molecule has 4 bridgehead atoms. The number of hydrogen-bond donors (Lipinski definition) is 0. The summed E-state index contributed by atoms with van der Waals surface area (Å²) < 4.78 is 5.50. The number of nitrogens with zero attached hydrogens (tertiary/aromatic N) is 2. The van der Waals surface area contributed by atoms with Gasteiger partial charge in [0.05, 0.1) is 0 Å². The minimum Gasteiger partial charge on any atom is -1.00 e. The van der Waals surface area contributed by atoms with Crippen LogP contribution < -0.4 is 24.8 Å². The summed E-state index contributed by atoms with van der Waals surface area (Å²) in [6.07, 6.45) is 1.83. The zero-order chi connectivity index (χ0) is 27.2. The van der Waals surface area contributed by atoms with Gasteiger partial charge in [0.25, 0.3) is 0 Å². The van der Waals surface area contributed by atoms with Gasteiger partial charge in [-0.15, -0.1) is 83.2 Å². The molecular weight excluding hydrogens is 850 g/mol. The van der Waals surface area contributed by atoms with E-state index >= 15 is 0 Å². The van der Waals surface area contributed by atoms with Crippen LogP contribution in [0.25, 0.3) is 60.3 Å². The Morgan fingerprint density at radius 2 is 1.37 bits per heavy atom. The summed E-state index contributed by atoms with van der Waals surface area (Å²) in [5, 5.41) is 7.49. The zero-order valence-corrected chi connectivity index (χ0v) is 31.1. The molecule has 3 aromatic heterocycles. The number of rotatable bonds is 2. The summed E-state index contributed by atoms with van der Waals surface area (Å²) in [7, 11) is 0. The van der Waals surface area contributed by atoms with E-state index < -0.39 is 0 Å². The molecule has 0 amide bonds. The summed E-state index contributed by atoms with van der Waals surface area (Å²) in [4.78, 5) is 4.60. The van der Waals surface area contributed by atoms with Crippen LogP contribution in [0.15, 0.2) is 141 Å². The van der Waals surface area contributed by atoms with Gasteiger partial charge in [0.1, 0.15) is 5.82 Å². The van der Waals surface area contributed by atoms with Crippen molar-refractivity contribution in [2.75, 3.05) is 0 Å². The van der Waals surface area contributed by atoms with E-state index in [1.54, 1.807) is 0 Å². The van der Waals surface area contributed by atoms with Crippen LogP contribution in [0, 0.1) is 0 Å². The van der Waals surface area contributed by atoms with Gasteiger partial charge in [-0.2, -0.15) is 0 Å². The first-order valence-electron chi connectivity index (χ1n) is 12.9. The van der Waals surface area contributed by atoms with E-state index in [-0.39, 0.29) is 51.0 Å². The molecule has 3 heterocycles. The SMILES string of the molecule is Brc1cccc2cc(-c3ccccc3)[cH-]c12.Brc1ccnc(-n2c3ccc(cc3)c3cc4c([cH-]3)c(Br)ccc42)c1.[Cl-].[Cl-].[Zr+4]. The van der Waals surface area contributed by atoms with Crippen molar-refractivity contribution in [3.8, 4) is 16.9 Å². The van der Waals surface area contributed by atoms with Gasteiger partial charge in [-0.25, -0.2) is 4.98 Å². The van der Waals surface area contributed by atoms with Crippen molar-refractivity contribution in [1.82, 2.24) is 9.55 Å². The first kappa shape index (κ1) is 33.8. The minimum atomic E-state index is 0. The Labute approximate surface area is 306 Å². The third-order valence-electron chi connectivity index (χ3n) is 7.25. The summed E-state index contributed by atoms with van der Waals surface area (Å²) >= 11 is 10.8. The normalized spacial score (nSPS) is 10.6. The summed E-state index contributed by atoms with van der Waals surface area (Å²) in [6, 6.07) is 42.6. The van der Waals surface area contributed by atoms with E-state index in [4.69, 9.17) is 0 Å². The Balaban J connectivity index is 0.000000197. The predicted octanol–water partition coefficient (Wildman–Crippen LogP) is 5.57. The molecule has 0 aliphatic carbocycles. The van der Waals surface area contributed by atoms with Crippen LogP contribution in [0.2, 0.25) is 0 Å². The van der Waals surface area contributed by atoms with Gasteiger partial charge >= 0.3 is 26.2 Å². The molecule has 0 saturated heterocycles. The monoisotopic (exact) mass is 866 g/mol. The second kappa shape index (κ2) is 14.4. The molecule has 0 N–H and O–H groups in total. The van der Waals surface area contributed by atoms with E-state index in [0.29, 0.717) is 0 Å². The Hall–Kier alpha value is -2.05.